The quantitative estimate of drug-likeness (QED) is 0.254. The number of Topliss-reactive ketones (excluding diaryl/α,β-unsaturated/α-hetero) is 1. The summed E-state index contributed by atoms with van der Waals surface area (Å²) in [5.41, 5.74) is 1.86. The molecule has 0 spiro atoms. The maximum Gasteiger partial charge on any atom is 0.240 e. The molecule has 1 amide bonds. The molecule has 0 radical (unpaired) electrons. The van der Waals surface area contributed by atoms with Crippen molar-refractivity contribution < 1.29 is 22.4 Å². The molecule has 4 atom stereocenters. The maximum absolute atomic E-state index is 13.6. The molecule has 3 rings (SSSR count). The lowest BCUT2D eigenvalue weighted by atomic mass is 9.76. The van der Waals surface area contributed by atoms with E-state index in [0.29, 0.717) is 11.1 Å². The number of amides is 1. The van der Waals surface area contributed by atoms with E-state index >= 15 is 0 Å². The molecule has 37 heavy (non-hydrogen) atoms. The Bertz CT molecular complexity index is 1260. The van der Waals surface area contributed by atoms with Crippen LogP contribution in [0.25, 0.3) is 0 Å². The molecule has 0 bridgehead atoms. The van der Waals surface area contributed by atoms with Crippen molar-refractivity contribution in [2.24, 2.45) is 11.8 Å². The fourth-order valence-corrected chi connectivity index (χ4v) is 6.85. The van der Waals surface area contributed by atoms with Crippen LogP contribution in [0.2, 0.25) is 18.1 Å². The van der Waals surface area contributed by atoms with Gasteiger partial charge in [0.05, 0.1) is 23.0 Å². The third-order valence-electron chi connectivity index (χ3n) is 7.84. The standard InChI is InChI=1S/C28H40N2O5SSi/c1-18-14-15-22(36(33,34)29-17-21-12-10-9-11-13-21)16-23(18)26(31)19(2)25-24(27(32)30-25)20(3)35-37(7,8)28(4,5)6/h9-16,19-20,24-25,29H,17H2,1-8H3,(H,30,32)/t19-,20-,24-,25-/m1/s1. The van der Waals surface area contributed by atoms with Gasteiger partial charge in [-0.15, -0.1) is 0 Å². The predicted octanol–water partition coefficient (Wildman–Crippen LogP) is 4.82. The van der Waals surface area contributed by atoms with Crippen molar-refractivity contribution in [1.82, 2.24) is 10.0 Å². The second-order valence-corrected chi connectivity index (χ2v) is 18.1. The van der Waals surface area contributed by atoms with Gasteiger partial charge in [-0.3, -0.25) is 9.59 Å². The molecule has 1 aliphatic rings. The van der Waals surface area contributed by atoms with Crippen LogP contribution in [0.1, 0.15) is 56.1 Å². The van der Waals surface area contributed by atoms with Crippen LogP contribution in [0.4, 0.5) is 0 Å². The SMILES string of the molecule is Cc1ccc(S(=O)(=O)NCc2ccccc2)cc1C(=O)[C@H](C)[C@H]1NC(=O)[C@@H]1[C@@H](C)O[Si](C)(C)C(C)(C)C. The zero-order chi connectivity index (χ0) is 27.8. The highest BCUT2D eigenvalue weighted by Gasteiger charge is 2.50. The van der Waals surface area contributed by atoms with E-state index in [0.717, 1.165) is 5.56 Å². The molecule has 1 aliphatic heterocycles. The van der Waals surface area contributed by atoms with Crippen LogP contribution in [0, 0.1) is 18.8 Å². The largest absolute Gasteiger partial charge is 0.413 e. The summed E-state index contributed by atoms with van der Waals surface area (Å²) in [5.74, 6) is -1.30. The molecule has 9 heteroatoms. The highest BCUT2D eigenvalue weighted by molar-refractivity contribution is 7.89. The Morgan fingerprint density at radius 1 is 1.11 bits per heavy atom. The number of hydrogen-bond donors (Lipinski definition) is 2. The van der Waals surface area contributed by atoms with Crippen molar-refractivity contribution in [1.29, 1.82) is 0 Å². The summed E-state index contributed by atoms with van der Waals surface area (Å²) >= 11 is 0. The van der Waals surface area contributed by atoms with Gasteiger partial charge in [-0.2, -0.15) is 0 Å². The van der Waals surface area contributed by atoms with Crippen LogP contribution in [0.15, 0.2) is 53.4 Å². The Balaban J connectivity index is 1.78. The number of sulfonamides is 1. The third-order valence-corrected chi connectivity index (χ3v) is 13.8. The summed E-state index contributed by atoms with van der Waals surface area (Å²) in [6, 6.07) is 13.5. The fraction of sp³-hybridized carbons (Fsp3) is 0.500. The van der Waals surface area contributed by atoms with Crippen LogP contribution >= 0.6 is 0 Å². The van der Waals surface area contributed by atoms with E-state index in [-0.39, 0.29) is 40.3 Å². The normalized spacial score (nSPS) is 20.1. The molecular formula is C28H40N2O5SSi. The molecule has 1 saturated heterocycles. The first kappa shape index (κ1) is 29.2. The maximum atomic E-state index is 13.6. The minimum atomic E-state index is -3.82. The monoisotopic (exact) mass is 544 g/mol. The molecule has 2 N–H and O–H groups in total. The van der Waals surface area contributed by atoms with Gasteiger partial charge in [0.25, 0.3) is 0 Å². The number of β-lactam (4-membered cyclic amide) rings is 1. The van der Waals surface area contributed by atoms with Crippen molar-refractivity contribution in [3.8, 4) is 0 Å². The lowest BCUT2D eigenvalue weighted by Crippen LogP contribution is -2.66. The molecule has 0 saturated carbocycles. The van der Waals surface area contributed by atoms with E-state index in [1.807, 2.05) is 37.3 Å². The summed E-state index contributed by atoms with van der Waals surface area (Å²) in [6.45, 7) is 16.4. The molecule has 1 heterocycles. The van der Waals surface area contributed by atoms with Gasteiger partial charge < -0.3 is 9.74 Å². The Kier molecular flexibility index (Phi) is 8.53. The molecule has 2 aromatic rings. The second kappa shape index (κ2) is 10.8. The van der Waals surface area contributed by atoms with Gasteiger partial charge in [0.1, 0.15) is 0 Å². The van der Waals surface area contributed by atoms with Gasteiger partial charge in [-0.1, -0.05) is 64.1 Å². The van der Waals surface area contributed by atoms with Gasteiger partial charge in [0, 0.05) is 18.0 Å². The molecule has 0 aromatic heterocycles. The van der Waals surface area contributed by atoms with Gasteiger partial charge in [-0.05, 0) is 55.2 Å². The van der Waals surface area contributed by atoms with Crippen LogP contribution in [-0.2, 0) is 25.8 Å². The number of nitrogens with one attached hydrogen (secondary N) is 2. The number of hydrogen-bond acceptors (Lipinski definition) is 5. The van der Waals surface area contributed by atoms with Gasteiger partial charge in [0.2, 0.25) is 15.9 Å². The van der Waals surface area contributed by atoms with Crippen LogP contribution < -0.4 is 10.0 Å². The fourth-order valence-electron chi connectivity index (χ4n) is 4.37. The summed E-state index contributed by atoms with van der Waals surface area (Å²) < 4.78 is 35.0. The number of ketones is 1. The van der Waals surface area contributed by atoms with Crippen LogP contribution in [0.5, 0.6) is 0 Å². The van der Waals surface area contributed by atoms with Gasteiger partial charge in [-0.25, -0.2) is 13.1 Å². The number of aryl methyl sites for hydroxylation is 1. The average Bonchev–Trinajstić information content (AvgIpc) is 2.80. The average molecular weight is 545 g/mol. The van der Waals surface area contributed by atoms with Crippen molar-refractivity contribution in [2.75, 3.05) is 0 Å². The van der Waals surface area contributed by atoms with E-state index in [2.05, 4.69) is 43.9 Å². The molecule has 0 aliphatic carbocycles. The Morgan fingerprint density at radius 2 is 1.73 bits per heavy atom. The van der Waals surface area contributed by atoms with Gasteiger partial charge in [0.15, 0.2) is 14.1 Å². The predicted molar refractivity (Wildman–Crippen MR) is 148 cm³/mol. The Morgan fingerprint density at radius 3 is 2.30 bits per heavy atom. The van der Waals surface area contributed by atoms with Gasteiger partial charge >= 0.3 is 0 Å². The minimum Gasteiger partial charge on any atom is -0.413 e. The third kappa shape index (κ3) is 6.39. The smallest absolute Gasteiger partial charge is 0.240 e. The van der Waals surface area contributed by atoms with Crippen molar-refractivity contribution in [2.45, 2.75) is 83.3 Å². The minimum absolute atomic E-state index is 0.00396. The Hall–Kier alpha value is -2.33. The number of benzene rings is 2. The van der Waals surface area contributed by atoms with E-state index < -0.39 is 30.2 Å². The number of carbonyl (C=O) groups excluding carboxylic acids is 2. The van der Waals surface area contributed by atoms with E-state index in [4.69, 9.17) is 4.43 Å². The van der Waals surface area contributed by atoms with Crippen molar-refractivity contribution in [3.63, 3.8) is 0 Å². The summed E-state index contributed by atoms with van der Waals surface area (Å²) in [4.78, 5) is 26.2. The number of rotatable bonds is 10. The van der Waals surface area contributed by atoms with Crippen molar-refractivity contribution >= 4 is 30.0 Å². The lowest BCUT2D eigenvalue weighted by Gasteiger charge is -2.47. The van der Waals surface area contributed by atoms with E-state index in [1.54, 1.807) is 19.9 Å². The van der Waals surface area contributed by atoms with Crippen LogP contribution in [0.3, 0.4) is 0 Å². The van der Waals surface area contributed by atoms with Crippen molar-refractivity contribution in [3.05, 3.63) is 65.2 Å². The highest BCUT2D eigenvalue weighted by atomic mass is 32.2. The molecular weight excluding hydrogens is 504 g/mol. The number of carbonyl (C=O) groups is 2. The summed E-state index contributed by atoms with van der Waals surface area (Å²) in [7, 11) is -5.93. The lowest BCUT2D eigenvalue weighted by molar-refractivity contribution is -0.141. The Labute approximate surface area is 222 Å². The van der Waals surface area contributed by atoms with E-state index in [9.17, 15) is 18.0 Å². The molecule has 202 valence electrons. The summed E-state index contributed by atoms with van der Waals surface area (Å²) in [6.07, 6.45) is -0.329. The van der Waals surface area contributed by atoms with E-state index in [1.165, 1.54) is 12.1 Å². The zero-order valence-corrected chi connectivity index (χ0v) is 24.9. The first-order valence-corrected chi connectivity index (χ1v) is 17.1. The van der Waals surface area contributed by atoms with Crippen LogP contribution in [-0.4, -0.2) is 40.6 Å². The molecule has 2 aromatic carbocycles. The first-order valence-electron chi connectivity index (χ1n) is 12.7. The highest BCUT2D eigenvalue weighted by Crippen LogP contribution is 2.40. The topological polar surface area (TPSA) is 102 Å². The zero-order valence-electron chi connectivity index (χ0n) is 23.1. The molecule has 0 unspecified atom stereocenters. The molecule has 7 nitrogen and oxygen atoms in total. The summed E-state index contributed by atoms with van der Waals surface area (Å²) in [5, 5.41) is 2.89. The molecule has 1 fully saturated rings. The second-order valence-electron chi connectivity index (χ2n) is 11.6. The first-order chi connectivity index (χ1) is 17.0.